The quantitative estimate of drug-likeness (QED) is 0.844. The van der Waals surface area contributed by atoms with Gasteiger partial charge in [-0.15, -0.1) is 11.3 Å². The summed E-state index contributed by atoms with van der Waals surface area (Å²) in [7, 11) is 0. The molecule has 2 unspecified atom stereocenters. The van der Waals surface area contributed by atoms with Gasteiger partial charge in [-0.2, -0.15) is 0 Å². The van der Waals surface area contributed by atoms with Crippen molar-refractivity contribution in [3.8, 4) is 0 Å². The maximum atomic E-state index is 4.47. The number of nitrogens with zero attached hydrogens (tertiary/aromatic N) is 3. The van der Waals surface area contributed by atoms with E-state index in [1.807, 2.05) is 6.20 Å². The van der Waals surface area contributed by atoms with Gasteiger partial charge in [-0.25, -0.2) is 4.98 Å². The van der Waals surface area contributed by atoms with Crippen molar-refractivity contribution in [2.45, 2.75) is 31.8 Å². The third-order valence-electron chi connectivity index (χ3n) is 4.32. The summed E-state index contributed by atoms with van der Waals surface area (Å²) in [6, 6.07) is 1.21. The highest BCUT2D eigenvalue weighted by Crippen LogP contribution is 2.21. The van der Waals surface area contributed by atoms with Crippen LogP contribution in [0.4, 0.5) is 0 Å². The van der Waals surface area contributed by atoms with Crippen LogP contribution < -0.4 is 5.32 Å². The smallest absolute Gasteiger partial charge is 0.0940 e. The van der Waals surface area contributed by atoms with Crippen LogP contribution in [0.15, 0.2) is 11.6 Å². The summed E-state index contributed by atoms with van der Waals surface area (Å²) >= 11 is 1.79. The topological polar surface area (TPSA) is 31.4 Å². The summed E-state index contributed by atoms with van der Waals surface area (Å²) < 4.78 is 0. The van der Waals surface area contributed by atoms with Gasteiger partial charge in [-0.1, -0.05) is 6.92 Å². The van der Waals surface area contributed by atoms with Gasteiger partial charge in [0.05, 0.1) is 5.01 Å². The third-order valence-corrected chi connectivity index (χ3v) is 5.12. The molecule has 0 amide bonds. The van der Waals surface area contributed by atoms with Crippen LogP contribution in [0.1, 0.15) is 18.4 Å². The molecule has 0 saturated carbocycles. The Morgan fingerprint density at radius 2 is 2.26 bits per heavy atom. The van der Waals surface area contributed by atoms with Gasteiger partial charge >= 0.3 is 0 Å². The van der Waals surface area contributed by atoms with Crippen LogP contribution in [0.3, 0.4) is 0 Å². The Kier molecular flexibility index (Phi) is 4.48. The van der Waals surface area contributed by atoms with Crippen LogP contribution in [0, 0.1) is 0 Å². The first-order valence-corrected chi connectivity index (χ1v) is 8.33. The molecule has 2 atom stereocenters. The van der Waals surface area contributed by atoms with Gasteiger partial charge in [-0.3, -0.25) is 9.80 Å². The van der Waals surface area contributed by atoms with Crippen molar-refractivity contribution in [1.29, 1.82) is 0 Å². The van der Waals surface area contributed by atoms with Crippen molar-refractivity contribution in [3.63, 3.8) is 0 Å². The first-order chi connectivity index (χ1) is 9.36. The number of fused-ring (bicyclic) bond motifs is 3. The molecule has 0 radical (unpaired) electrons. The van der Waals surface area contributed by atoms with E-state index in [9.17, 15) is 0 Å². The van der Waals surface area contributed by atoms with Gasteiger partial charge in [0.2, 0.25) is 0 Å². The molecular formula is C14H24N4S. The van der Waals surface area contributed by atoms with Crippen LogP contribution in [-0.4, -0.2) is 66.1 Å². The summed E-state index contributed by atoms with van der Waals surface area (Å²) in [6.45, 7) is 9.58. The number of piperazine rings is 3. The molecule has 0 spiro atoms. The highest BCUT2D eigenvalue weighted by molar-refractivity contribution is 7.09. The van der Waals surface area contributed by atoms with Crippen LogP contribution in [0.5, 0.6) is 0 Å². The van der Waals surface area contributed by atoms with Crippen molar-refractivity contribution in [1.82, 2.24) is 20.1 Å². The summed E-state index contributed by atoms with van der Waals surface area (Å²) in [5.74, 6) is 0. The Balaban J connectivity index is 1.67. The first-order valence-electron chi connectivity index (χ1n) is 7.45. The van der Waals surface area contributed by atoms with Gasteiger partial charge < -0.3 is 5.32 Å². The maximum absolute atomic E-state index is 4.47. The lowest BCUT2D eigenvalue weighted by atomic mass is 9.97. The van der Waals surface area contributed by atoms with E-state index < -0.39 is 0 Å². The van der Waals surface area contributed by atoms with Crippen molar-refractivity contribution >= 4 is 11.3 Å². The average molecular weight is 280 g/mol. The molecule has 19 heavy (non-hydrogen) atoms. The van der Waals surface area contributed by atoms with Crippen LogP contribution in [-0.2, 0) is 6.42 Å². The fourth-order valence-electron chi connectivity index (χ4n) is 3.26. The summed E-state index contributed by atoms with van der Waals surface area (Å²) in [5, 5.41) is 7.12. The van der Waals surface area contributed by atoms with Crippen molar-refractivity contribution in [2.75, 3.05) is 39.3 Å². The second-order valence-corrected chi connectivity index (χ2v) is 6.57. The second-order valence-electron chi connectivity index (χ2n) is 5.59. The van der Waals surface area contributed by atoms with Gasteiger partial charge in [0.1, 0.15) is 0 Å². The predicted octanol–water partition coefficient (Wildman–Crippen LogP) is 1.05. The standard InChI is InChI=1S/C14H24N4S/c1-2-3-15-12(10-14-16-4-9-19-14)13-11-17-5-7-18(13)8-6-17/h4,9,12-13,15H,2-3,5-8,10-11H2,1H3. The van der Waals surface area contributed by atoms with Crippen molar-refractivity contribution < 1.29 is 0 Å². The van der Waals surface area contributed by atoms with Crippen LogP contribution in [0.2, 0.25) is 0 Å². The van der Waals surface area contributed by atoms with E-state index in [0.29, 0.717) is 12.1 Å². The molecule has 1 aromatic rings. The Bertz CT molecular complexity index is 373. The molecule has 3 fully saturated rings. The molecule has 2 bridgehead atoms. The Hall–Kier alpha value is -0.490. The third kappa shape index (κ3) is 3.16. The fourth-order valence-corrected chi connectivity index (χ4v) is 3.93. The minimum absolute atomic E-state index is 0.550. The van der Waals surface area contributed by atoms with Crippen molar-refractivity contribution in [3.05, 3.63) is 16.6 Å². The number of hydrogen-bond donors (Lipinski definition) is 1. The molecule has 0 aromatic carbocycles. The van der Waals surface area contributed by atoms with E-state index in [1.54, 1.807) is 11.3 Å². The lowest BCUT2D eigenvalue weighted by molar-refractivity contribution is -0.00310. The summed E-state index contributed by atoms with van der Waals surface area (Å²) in [5.41, 5.74) is 0. The molecule has 3 saturated heterocycles. The number of rotatable bonds is 6. The summed E-state index contributed by atoms with van der Waals surface area (Å²) in [6.07, 6.45) is 4.20. The fraction of sp³-hybridized carbons (Fsp3) is 0.786. The minimum atomic E-state index is 0.550. The molecule has 3 aliphatic heterocycles. The zero-order valence-electron chi connectivity index (χ0n) is 11.7. The first kappa shape index (κ1) is 13.5. The van der Waals surface area contributed by atoms with E-state index in [2.05, 4.69) is 32.4 Å². The average Bonchev–Trinajstić information content (AvgIpc) is 2.97. The molecule has 106 valence electrons. The number of hydrogen-bond acceptors (Lipinski definition) is 5. The van der Waals surface area contributed by atoms with Gasteiger partial charge in [0.15, 0.2) is 0 Å². The molecule has 1 N–H and O–H groups in total. The van der Waals surface area contributed by atoms with Gasteiger partial charge in [0.25, 0.3) is 0 Å². The van der Waals surface area contributed by atoms with E-state index >= 15 is 0 Å². The van der Waals surface area contributed by atoms with E-state index in [1.165, 1.54) is 44.2 Å². The Morgan fingerprint density at radius 1 is 1.42 bits per heavy atom. The zero-order chi connectivity index (χ0) is 13.1. The molecule has 4 heterocycles. The van der Waals surface area contributed by atoms with Gasteiger partial charge in [0, 0.05) is 62.8 Å². The summed E-state index contributed by atoms with van der Waals surface area (Å²) in [4.78, 5) is 9.77. The van der Waals surface area contributed by atoms with Crippen molar-refractivity contribution in [2.24, 2.45) is 0 Å². The molecule has 1 aromatic heterocycles. The van der Waals surface area contributed by atoms with E-state index in [-0.39, 0.29) is 0 Å². The lowest BCUT2D eigenvalue weighted by Crippen LogP contribution is -2.66. The van der Waals surface area contributed by atoms with Crippen LogP contribution in [0.25, 0.3) is 0 Å². The largest absolute Gasteiger partial charge is 0.312 e. The molecule has 4 rings (SSSR count). The lowest BCUT2D eigenvalue weighted by Gasteiger charge is -2.50. The SMILES string of the molecule is CCCNC(Cc1nccs1)C1CN2CCN1CC2. The molecule has 5 heteroatoms. The molecule has 3 aliphatic rings. The van der Waals surface area contributed by atoms with E-state index in [0.717, 1.165) is 13.0 Å². The Morgan fingerprint density at radius 3 is 2.84 bits per heavy atom. The second kappa shape index (κ2) is 6.31. The minimum Gasteiger partial charge on any atom is -0.312 e. The Labute approximate surface area is 119 Å². The van der Waals surface area contributed by atoms with Gasteiger partial charge in [-0.05, 0) is 13.0 Å². The normalized spacial score (nSPS) is 31.5. The highest BCUT2D eigenvalue weighted by Gasteiger charge is 2.36. The maximum Gasteiger partial charge on any atom is 0.0940 e. The monoisotopic (exact) mass is 280 g/mol. The highest BCUT2D eigenvalue weighted by atomic mass is 32.1. The number of aromatic nitrogens is 1. The van der Waals surface area contributed by atoms with E-state index in [4.69, 9.17) is 0 Å². The predicted molar refractivity (Wildman–Crippen MR) is 79.7 cm³/mol. The molecule has 4 nitrogen and oxygen atoms in total. The van der Waals surface area contributed by atoms with Crippen LogP contribution >= 0.6 is 11.3 Å². The molecule has 0 aliphatic carbocycles. The zero-order valence-corrected chi connectivity index (χ0v) is 12.5. The number of thiazole rings is 1. The molecular weight excluding hydrogens is 256 g/mol. The number of nitrogens with one attached hydrogen (secondary N) is 1.